The van der Waals surface area contributed by atoms with Gasteiger partial charge >= 0.3 is 6.16 Å². The average molecular weight is 338 g/mol. The van der Waals surface area contributed by atoms with E-state index in [2.05, 4.69) is 48.5 Å². The second-order valence-corrected chi connectivity index (χ2v) is 6.44. The Kier molecular flexibility index (Phi) is 3.09. The van der Waals surface area contributed by atoms with E-state index in [0.717, 1.165) is 26.9 Å². The zero-order valence-corrected chi connectivity index (χ0v) is 13.8. The highest BCUT2D eigenvalue weighted by atomic mass is 16.7. The van der Waals surface area contributed by atoms with Crippen molar-refractivity contribution in [2.75, 3.05) is 0 Å². The molecule has 3 heteroatoms. The van der Waals surface area contributed by atoms with Crippen molar-refractivity contribution in [2.24, 2.45) is 0 Å². The minimum absolute atomic E-state index is 0.330. The number of benzene rings is 5. The largest absolute Gasteiger partial charge is 0.511 e. The van der Waals surface area contributed by atoms with Crippen LogP contribution in [0.1, 0.15) is 0 Å². The second kappa shape index (κ2) is 5.46. The molecule has 1 N–H and O–H groups in total. The Morgan fingerprint density at radius 1 is 0.615 bits per heavy atom. The van der Waals surface area contributed by atoms with Crippen LogP contribution in [0.25, 0.3) is 43.1 Å². The molecule has 26 heavy (non-hydrogen) atoms. The quantitative estimate of drug-likeness (QED) is 0.167. The molecule has 0 aliphatic carbocycles. The van der Waals surface area contributed by atoms with E-state index < -0.39 is 6.16 Å². The van der Waals surface area contributed by atoms with Crippen LogP contribution in [0, 0.1) is 0 Å². The maximum atomic E-state index is 10.8. The predicted octanol–water partition coefficient (Wildman–Crippen LogP) is 6.36. The number of carbonyl (C=O) groups is 1. The Morgan fingerprint density at radius 3 is 1.92 bits per heavy atom. The van der Waals surface area contributed by atoms with Gasteiger partial charge in [0, 0.05) is 0 Å². The minimum Gasteiger partial charge on any atom is -0.449 e. The average Bonchev–Trinajstić information content (AvgIpc) is 2.64. The van der Waals surface area contributed by atoms with Crippen LogP contribution in [0.3, 0.4) is 0 Å². The molecule has 0 radical (unpaired) electrons. The third-order valence-electron chi connectivity index (χ3n) is 4.84. The maximum Gasteiger partial charge on any atom is 0.511 e. The van der Waals surface area contributed by atoms with Gasteiger partial charge in [0.15, 0.2) is 0 Å². The third kappa shape index (κ3) is 2.33. The lowest BCUT2D eigenvalue weighted by atomic mass is 9.96. The molecule has 0 bridgehead atoms. The molecule has 124 valence electrons. The molecule has 5 rings (SSSR count). The van der Waals surface area contributed by atoms with Crippen molar-refractivity contribution in [3.8, 4) is 5.75 Å². The Balaban J connectivity index is 1.84. The molecule has 0 aromatic heterocycles. The minimum atomic E-state index is -1.30. The first kappa shape index (κ1) is 14.7. The van der Waals surface area contributed by atoms with E-state index in [4.69, 9.17) is 9.84 Å². The number of fused-ring (bicyclic) bond motifs is 5. The summed E-state index contributed by atoms with van der Waals surface area (Å²) in [6.07, 6.45) is -1.30. The van der Waals surface area contributed by atoms with Gasteiger partial charge in [0.05, 0.1) is 0 Å². The van der Waals surface area contributed by atoms with Gasteiger partial charge in [0.1, 0.15) is 5.75 Å². The first-order chi connectivity index (χ1) is 12.7. The van der Waals surface area contributed by atoms with Gasteiger partial charge in [-0.15, -0.1) is 0 Å². The summed E-state index contributed by atoms with van der Waals surface area (Å²) in [5.74, 6) is 0.330. The van der Waals surface area contributed by atoms with Crippen molar-refractivity contribution in [1.82, 2.24) is 0 Å². The van der Waals surface area contributed by atoms with Crippen LogP contribution in [-0.2, 0) is 0 Å². The molecule has 5 aromatic rings. The van der Waals surface area contributed by atoms with Crippen molar-refractivity contribution in [1.29, 1.82) is 0 Å². The number of hydrogen-bond donors (Lipinski definition) is 1. The molecule has 0 saturated carbocycles. The Bertz CT molecular complexity index is 1340. The topological polar surface area (TPSA) is 46.5 Å². The fraction of sp³-hybridized carbons (Fsp3) is 0. The molecular weight excluding hydrogens is 324 g/mol. The van der Waals surface area contributed by atoms with E-state index in [1.54, 1.807) is 12.1 Å². The van der Waals surface area contributed by atoms with Crippen molar-refractivity contribution < 1.29 is 14.6 Å². The second-order valence-electron chi connectivity index (χ2n) is 6.44. The lowest BCUT2D eigenvalue weighted by Crippen LogP contribution is -2.02. The molecule has 0 fully saturated rings. The van der Waals surface area contributed by atoms with E-state index in [0.29, 0.717) is 5.75 Å². The fourth-order valence-electron chi connectivity index (χ4n) is 3.64. The summed E-state index contributed by atoms with van der Waals surface area (Å²) < 4.78 is 4.83. The van der Waals surface area contributed by atoms with Gasteiger partial charge in [-0.1, -0.05) is 42.5 Å². The van der Waals surface area contributed by atoms with Crippen LogP contribution >= 0.6 is 0 Å². The van der Waals surface area contributed by atoms with Gasteiger partial charge in [-0.3, -0.25) is 0 Å². The predicted molar refractivity (Wildman–Crippen MR) is 105 cm³/mol. The van der Waals surface area contributed by atoms with Crippen LogP contribution < -0.4 is 4.74 Å². The molecule has 0 saturated heterocycles. The smallest absolute Gasteiger partial charge is 0.449 e. The molecule has 0 aliphatic heterocycles. The van der Waals surface area contributed by atoms with E-state index in [-0.39, 0.29) is 0 Å². The lowest BCUT2D eigenvalue weighted by molar-refractivity contribution is 0.144. The third-order valence-corrected chi connectivity index (χ3v) is 4.84. The summed E-state index contributed by atoms with van der Waals surface area (Å²) in [5.41, 5.74) is 0. The van der Waals surface area contributed by atoms with E-state index >= 15 is 0 Å². The number of rotatable bonds is 1. The highest BCUT2D eigenvalue weighted by Gasteiger charge is 2.07. The summed E-state index contributed by atoms with van der Waals surface area (Å²) in [4.78, 5) is 10.8. The van der Waals surface area contributed by atoms with Crippen molar-refractivity contribution >= 4 is 49.2 Å². The van der Waals surface area contributed by atoms with Gasteiger partial charge in [0.25, 0.3) is 0 Å². The van der Waals surface area contributed by atoms with Crippen molar-refractivity contribution in [3.05, 3.63) is 78.9 Å². The first-order valence-corrected chi connectivity index (χ1v) is 8.37. The molecule has 0 unspecified atom stereocenters. The molecule has 0 amide bonds. The molecular formula is C23H14O3. The van der Waals surface area contributed by atoms with Gasteiger partial charge in [-0.05, 0) is 79.5 Å². The van der Waals surface area contributed by atoms with Gasteiger partial charge in [-0.2, -0.15) is 0 Å². The summed E-state index contributed by atoms with van der Waals surface area (Å²) in [5, 5.41) is 17.9. The molecule has 0 heterocycles. The van der Waals surface area contributed by atoms with Crippen LogP contribution in [0.15, 0.2) is 78.9 Å². The summed E-state index contributed by atoms with van der Waals surface area (Å²) >= 11 is 0. The number of carboxylic acid groups (broad SMARTS) is 1. The SMILES string of the molecule is O=C(O)Oc1ccc2ccc3cc4cc5ccccc5cc4cc3c2c1. The lowest BCUT2D eigenvalue weighted by Gasteiger charge is -2.09. The molecule has 0 spiro atoms. The van der Waals surface area contributed by atoms with E-state index in [1.807, 2.05) is 18.2 Å². The highest BCUT2D eigenvalue weighted by Crippen LogP contribution is 2.33. The zero-order valence-electron chi connectivity index (χ0n) is 13.8. The Hall–Kier alpha value is -3.59. The summed E-state index contributed by atoms with van der Waals surface area (Å²) in [6.45, 7) is 0. The standard InChI is InChI=1S/C23H14O3/c24-23(25)26-20-8-7-14-5-6-17-11-18-9-15-3-1-2-4-16(15)10-19(18)12-21(17)22(14)13-20/h1-13H,(H,24,25). The van der Waals surface area contributed by atoms with E-state index in [1.165, 1.54) is 16.2 Å². The monoisotopic (exact) mass is 338 g/mol. The molecule has 3 nitrogen and oxygen atoms in total. The fourth-order valence-corrected chi connectivity index (χ4v) is 3.64. The summed E-state index contributed by atoms with van der Waals surface area (Å²) in [6, 6.07) is 26.6. The number of ether oxygens (including phenoxy) is 1. The van der Waals surface area contributed by atoms with Crippen LogP contribution in [0.4, 0.5) is 4.79 Å². The van der Waals surface area contributed by atoms with Gasteiger partial charge in [-0.25, -0.2) is 4.79 Å². The number of hydrogen-bond acceptors (Lipinski definition) is 2. The van der Waals surface area contributed by atoms with Crippen molar-refractivity contribution in [3.63, 3.8) is 0 Å². The highest BCUT2D eigenvalue weighted by molar-refractivity contribution is 6.14. The van der Waals surface area contributed by atoms with Crippen LogP contribution in [-0.4, -0.2) is 11.3 Å². The van der Waals surface area contributed by atoms with Crippen LogP contribution in [0.2, 0.25) is 0 Å². The Labute approximate surface area is 149 Å². The zero-order chi connectivity index (χ0) is 17.7. The Morgan fingerprint density at radius 2 is 1.19 bits per heavy atom. The van der Waals surface area contributed by atoms with Crippen molar-refractivity contribution in [2.45, 2.75) is 0 Å². The molecule has 0 aliphatic rings. The van der Waals surface area contributed by atoms with E-state index in [9.17, 15) is 4.79 Å². The van der Waals surface area contributed by atoms with Gasteiger partial charge < -0.3 is 9.84 Å². The summed E-state index contributed by atoms with van der Waals surface area (Å²) in [7, 11) is 0. The van der Waals surface area contributed by atoms with Gasteiger partial charge in [0.2, 0.25) is 0 Å². The normalized spacial score (nSPS) is 11.4. The first-order valence-electron chi connectivity index (χ1n) is 8.37. The molecule has 0 atom stereocenters. The maximum absolute atomic E-state index is 10.8. The molecule has 5 aromatic carbocycles. The van der Waals surface area contributed by atoms with Crippen LogP contribution in [0.5, 0.6) is 5.75 Å².